The molecule has 14 rings (SSSR count). The summed E-state index contributed by atoms with van der Waals surface area (Å²) in [6.07, 6.45) is 11.5. The Hall–Kier alpha value is -8.20. The predicted molar refractivity (Wildman–Crippen MR) is 327 cm³/mol. The molecular formula is C73H61N2. The van der Waals surface area contributed by atoms with Crippen LogP contribution in [0.1, 0.15) is 124 Å². The second-order valence-electron chi connectivity index (χ2n) is 22.6. The molecule has 12 aromatic rings. The maximum atomic E-state index is 2.61. The monoisotopic (exact) mass is 965 g/mol. The van der Waals surface area contributed by atoms with Crippen molar-refractivity contribution in [1.82, 2.24) is 0 Å². The summed E-state index contributed by atoms with van der Waals surface area (Å²) in [6.45, 7) is 18.6. The lowest BCUT2D eigenvalue weighted by molar-refractivity contribution is 0.833. The number of hydrogen-bond donors (Lipinski definition) is 0. The molecule has 0 spiro atoms. The van der Waals surface area contributed by atoms with Gasteiger partial charge in [-0.1, -0.05) is 201 Å². The molecule has 0 unspecified atom stereocenters. The largest absolute Gasteiger partial charge is 0.309 e. The Labute approximate surface area is 441 Å². The molecule has 0 heterocycles. The van der Waals surface area contributed by atoms with Gasteiger partial charge in [0.05, 0.1) is 22.7 Å². The Morgan fingerprint density at radius 3 is 1.09 bits per heavy atom. The molecule has 12 aromatic carbocycles. The van der Waals surface area contributed by atoms with Crippen LogP contribution < -0.4 is 9.80 Å². The lowest BCUT2D eigenvalue weighted by atomic mass is 9.84. The standard InChI is InChI=1S/C73H61N2/c1-42(2)48-36-49(43(3)4)39-52(38-48)74(68-24-14-22-61-56-18-11-9-16-54(56)58-20-13-21-60(58)72(61)68)66-34-28-46-27-31-65-67(35-29-47-26-30-64(66)70(46)71(47)65)75(53-40-50(44(5)6)37-51(41-53)45(7)8)69-25-15-23-62-57-19-12-10-17-55(57)59-32-33-63(59)73(62)69/h9-45H,1-8H3. The highest BCUT2D eigenvalue weighted by molar-refractivity contribution is 6.30. The minimum atomic E-state index is 0.358. The van der Waals surface area contributed by atoms with Crippen molar-refractivity contribution in [1.29, 1.82) is 0 Å². The molecule has 0 bridgehead atoms. The highest BCUT2D eigenvalue weighted by atomic mass is 15.2. The Morgan fingerprint density at radius 2 is 0.667 bits per heavy atom. The van der Waals surface area contributed by atoms with Gasteiger partial charge in [0.25, 0.3) is 0 Å². The van der Waals surface area contributed by atoms with Crippen molar-refractivity contribution in [2.75, 3.05) is 9.80 Å². The summed E-state index contributed by atoms with van der Waals surface area (Å²) in [6, 6.07) is 65.6. The van der Waals surface area contributed by atoms with Crippen LogP contribution in [0.15, 0.2) is 176 Å². The third-order valence-corrected chi connectivity index (χ3v) is 16.9. The van der Waals surface area contributed by atoms with E-state index in [9.17, 15) is 0 Å². The van der Waals surface area contributed by atoms with Gasteiger partial charge in [-0.25, -0.2) is 0 Å². The first kappa shape index (κ1) is 45.4. The van der Waals surface area contributed by atoms with Crippen LogP contribution in [0.2, 0.25) is 0 Å². The third kappa shape index (κ3) is 6.92. The van der Waals surface area contributed by atoms with Gasteiger partial charge < -0.3 is 9.80 Å². The SMILES string of the molecule is CC(C)c1cc(C(C)C)cc(N(c2ccc3ccc4c(N(c5cc(C(C)C)cc(C(C)C)c5)c5cccc6c5c5c(c7ccccc76)C=C5)ccc5ccc2c3c54)c2cccc3c2c2c(c4ccccc43)C=C[CH]2)c1. The molecule has 0 saturated carbocycles. The van der Waals surface area contributed by atoms with Crippen LogP contribution in [0.5, 0.6) is 0 Å². The molecular weight excluding hydrogens is 905 g/mol. The molecule has 75 heavy (non-hydrogen) atoms. The van der Waals surface area contributed by atoms with E-state index in [-0.39, 0.29) is 0 Å². The van der Waals surface area contributed by atoms with Gasteiger partial charge in [0.2, 0.25) is 0 Å². The quantitative estimate of drug-likeness (QED) is 0.126. The van der Waals surface area contributed by atoms with Crippen molar-refractivity contribution >= 4 is 128 Å². The molecule has 2 heteroatoms. The lowest BCUT2D eigenvalue weighted by Gasteiger charge is -2.32. The van der Waals surface area contributed by atoms with Gasteiger partial charge in [-0.15, -0.1) is 0 Å². The summed E-state index contributed by atoms with van der Waals surface area (Å²) in [5, 5.41) is 17.8. The number of hydrogen-bond acceptors (Lipinski definition) is 2. The number of nitrogens with zero attached hydrogens (tertiary/aromatic N) is 2. The molecule has 0 aliphatic heterocycles. The summed E-state index contributed by atoms with van der Waals surface area (Å²) >= 11 is 0. The Balaban J connectivity index is 1.08. The smallest absolute Gasteiger partial charge is 0.0546 e. The van der Waals surface area contributed by atoms with Crippen LogP contribution in [-0.4, -0.2) is 0 Å². The lowest BCUT2D eigenvalue weighted by Crippen LogP contribution is -2.14. The molecule has 0 fully saturated rings. The van der Waals surface area contributed by atoms with Gasteiger partial charge in [0, 0.05) is 39.3 Å². The van der Waals surface area contributed by atoms with Gasteiger partial charge in [-0.2, -0.15) is 0 Å². The fourth-order valence-corrected chi connectivity index (χ4v) is 12.8. The molecule has 0 atom stereocenters. The van der Waals surface area contributed by atoms with Gasteiger partial charge in [-0.05, 0) is 171 Å². The van der Waals surface area contributed by atoms with Crippen molar-refractivity contribution in [2.45, 2.75) is 79.1 Å². The van der Waals surface area contributed by atoms with E-state index in [0.29, 0.717) is 23.7 Å². The van der Waals surface area contributed by atoms with Gasteiger partial charge in [0.1, 0.15) is 0 Å². The fraction of sp³-hybridized carbons (Fsp3) is 0.164. The molecule has 1 radical (unpaired) electrons. The zero-order chi connectivity index (χ0) is 51.0. The fourth-order valence-electron chi connectivity index (χ4n) is 12.8. The van der Waals surface area contributed by atoms with E-state index in [1.54, 1.807) is 0 Å². The maximum absolute atomic E-state index is 2.61. The second-order valence-corrected chi connectivity index (χ2v) is 22.6. The van der Waals surface area contributed by atoms with Crippen molar-refractivity contribution in [3.8, 4) is 0 Å². The summed E-state index contributed by atoms with van der Waals surface area (Å²) in [5.74, 6) is 1.44. The summed E-state index contributed by atoms with van der Waals surface area (Å²) in [7, 11) is 0. The predicted octanol–water partition coefficient (Wildman–Crippen LogP) is 21.7. The van der Waals surface area contributed by atoms with Gasteiger partial charge >= 0.3 is 0 Å². The Kier molecular flexibility index (Phi) is 10.4. The molecule has 0 amide bonds. The number of allylic oxidation sites excluding steroid dienone is 1. The summed E-state index contributed by atoms with van der Waals surface area (Å²) < 4.78 is 0. The van der Waals surface area contributed by atoms with E-state index in [2.05, 4.69) is 266 Å². The van der Waals surface area contributed by atoms with E-state index in [0.717, 1.165) is 0 Å². The molecule has 363 valence electrons. The van der Waals surface area contributed by atoms with Crippen molar-refractivity contribution in [3.05, 3.63) is 227 Å². The maximum Gasteiger partial charge on any atom is 0.0546 e. The first-order valence-electron chi connectivity index (χ1n) is 27.3. The van der Waals surface area contributed by atoms with Gasteiger partial charge in [-0.3, -0.25) is 0 Å². The molecule has 0 N–H and O–H groups in total. The average molecular weight is 966 g/mol. The van der Waals surface area contributed by atoms with E-state index in [4.69, 9.17) is 0 Å². The average Bonchev–Trinajstić information content (AvgIpc) is 3.99. The highest BCUT2D eigenvalue weighted by Crippen LogP contribution is 2.53. The van der Waals surface area contributed by atoms with E-state index < -0.39 is 0 Å². The third-order valence-electron chi connectivity index (χ3n) is 16.9. The Morgan fingerprint density at radius 1 is 0.280 bits per heavy atom. The van der Waals surface area contributed by atoms with Crippen molar-refractivity contribution in [2.24, 2.45) is 0 Å². The van der Waals surface area contributed by atoms with E-state index in [1.807, 2.05) is 0 Å². The van der Waals surface area contributed by atoms with E-state index in [1.165, 1.54) is 154 Å². The van der Waals surface area contributed by atoms with Crippen LogP contribution in [-0.2, 0) is 0 Å². The molecule has 2 aliphatic carbocycles. The van der Waals surface area contributed by atoms with Crippen LogP contribution in [0.4, 0.5) is 34.1 Å². The van der Waals surface area contributed by atoms with Crippen LogP contribution >= 0.6 is 0 Å². The van der Waals surface area contributed by atoms with Crippen LogP contribution in [0, 0.1) is 6.42 Å². The minimum absolute atomic E-state index is 0.358. The van der Waals surface area contributed by atoms with Crippen LogP contribution in [0.3, 0.4) is 0 Å². The molecule has 0 aromatic heterocycles. The number of benzene rings is 12. The van der Waals surface area contributed by atoms with Gasteiger partial charge in [0.15, 0.2) is 0 Å². The van der Waals surface area contributed by atoms with E-state index >= 15 is 0 Å². The highest BCUT2D eigenvalue weighted by Gasteiger charge is 2.29. The topological polar surface area (TPSA) is 6.48 Å². The molecule has 2 nitrogen and oxygen atoms in total. The summed E-state index contributed by atoms with van der Waals surface area (Å²) in [5.41, 5.74) is 17.7. The number of anilines is 6. The normalized spacial score (nSPS) is 13.1. The second kappa shape index (κ2) is 17.2. The first-order chi connectivity index (χ1) is 36.5. The zero-order valence-electron chi connectivity index (χ0n) is 44.3. The van der Waals surface area contributed by atoms with Crippen LogP contribution in [0.25, 0.3) is 93.6 Å². The molecule has 2 aliphatic rings. The van der Waals surface area contributed by atoms with Crippen molar-refractivity contribution < 1.29 is 0 Å². The van der Waals surface area contributed by atoms with Crippen molar-refractivity contribution in [3.63, 3.8) is 0 Å². The zero-order valence-corrected chi connectivity index (χ0v) is 44.3. The minimum Gasteiger partial charge on any atom is -0.309 e. The number of rotatable bonds is 10. The number of fused-ring (bicyclic) bond motifs is 12. The Bertz CT molecular complexity index is 4350. The summed E-state index contributed by atoms with van der Waals surface area (Å²) in [4.78, 5) is 5.22. The molecule has 0 saturated heterocycles. The first-order valence-corrected chi connectivity index (χ1v) is 27.3.